The summed E-state index contributed by atoms with van der Waals surface area (Å²) in [7, 11) is 1.64. The van der Waals surface area contributed by atoms with Crippen LogP contribution in [0.15, 0.2) is 23.1 Å². The molecule has 6 heteroatoms. The molecule has 0 N–H and O–H groups in total. The summed E-state index contributed by atoms with van der Waals surface area (Å²) < 4.78 is 23.3. The van der Waals surface area contributed by atoms with Crippen LogP contribution in [0.1, 0.15) is 49.0 Å². The fraction of sp³-hybridized carbons (Fsp3) is 0.533. The topological polar surface area (TPSA) is 54.5 Å². The van der Waals surface area contributed by atoms with Crippen molar-refractivity contribution in [2.45, 2.75) is 50.5 Å². The zero-order chi connectivity index (χ0) is 15.6. The fourth-order valence-corrected chi connectivity index (χ4v) is 4.00. The lowest BCUT2D eigenvalue weighted by molar-refractivity contribution is 0.0635. The van der Waals surface area contributed by atoms with Gasteiger partial charge in [0.05, 0.1) is 4.90 Å². The van der Waals surface area contributed by atoms with Crippen LogP contribution in [0, 0.1) is 0 Å². The Hall–Kier alpha value is -1.07. The Balaban J connectivity index is 2.38. The smallest absolute Gasteiger partial charge is 0.261 e. The molecule has 1 unspecified atom stereocenters. The van der Waals surface area contributed by atoms with Crippen molar-refractivity contribution in [3.63, 3.8) is 0 Å². The number of hydrogen-bond acceptors (Lipinski definition) is 3. The van der Waals surface area contributed by atoms with Gasteiger partial charge < -0.3 is 4.90 Å². The number of hydrogen-bond donors (Lipinski definition) is 0. The number of carbonyl (C=O) groups excluding carboxylic acids is 1. The van der Waals surface area contributed by atoms with Crippen LogP contribution in [0.25, 0.3) is 0 Å². The van der Waals surface area contributed by atoms with E-state index in [1.807, 2.05) is 18.7 Å². The molecule has 1 atom stereocenters. The summed E-state index contributed by atoms with van der Waals surface area (Å²) in [5, 5.41) is 0. The van der Waals surface area contributed by atoms with Gasteiger partial charge in [0.15, 0.2) is 0 Å². The molecule has 1 aliphatic rings. The second-order valence-electron chi connectivity index (χ2n) is 5.46. The van der Waals surface area contributed by atoms with Gasteiger partial charge in [0.1, 0.15) is 0 Å². The van der Waals surface area contributed by atoms with Crippen molar-refractivity contribution in [3.05, 3.63) is 29.3 Å². The first-order valence-electron chi connectivity index (χ1n) is 7.23. The average Bonchev–Trinajstić information content (AvgIpc) is 2.45. The second-order valence-corrected chi connectivity index (χ2v) is 7.99. The quantitative estimate of drug-likeness (QED) is 0.800. The van der Waals surface area contributed by atoms with Gasteiger partial charge in [-0.1, -0.05) is 13.0 Å². The van der Waals surface area contributed by atoms with E-state index in [9.17, 15) is 13.2 Å². The first-order valence-corrected chi connectivity index (χ1v) is 9.54. The summed E-state index contributed by atoms with van der Waals surface area (Å²) in [6, 6.07) is 4.96. The molecule has 1 aliphatic heterocycles. The molecule has 1 saturated heterocycles. The Labute approximate surface area is 130 Å². The molecular weight excluding hydrogens is 310 g/mol. The number of rotatable bonds is 3. The summed E-state index contributed by atoms with van der Waals surface area (Å²) in [5.74, 6) is -0.119. The largest absolute Gasteiger partial charge is 0.336 e. The number of likely N-dealkylation sites (tertiary alicyclic amines) is 1. The van der Waals surface area contributed by atoms with Gasteiger partial charge in [0.2, 0.25) is 0 Å². The van der Waals surface area contributed by atoms with E-state index >= 15 is 0 Å². The molecular formula is C15H20ClNO3S. The van der Waals surface area contributed by atoms with Crippen molar-refractivity contribution in [2.24, 2.45) is 0 Å². The number of piperidine rings is 1. The lowest BCUT2D eigenvalue weighted by atomic mass is 10.0. The van der Waals surface area contributed by atoms with E-state index in [0.717, 1.165) is 25.8 Å². The van der Waals surface area contributed by atoms with E-state index in [1.54, 1.807) is 12.1 Å². The van der Waals surface area contributed by atoms with Gasteiger partial charge in [-0.2, -0.15) is 0 Å². The van der Waals surface area contributed by atoms with E-state index in [-0.39, 0.29) is 16.8 Å². The molecule has 1 fully saturated rings. The molecule has 4 nitrogen and oxygen atoms in total. The van der Waals surface area contributed by atoms with E-state index in [2.05, 4.69) is 0 Å². The maximum atomic E-state index is 12.6. The third-order valence-electron chi connectivity index (χ3n) is 4.02. The van der Waals surface area contributed by atoms with E-state index in [0.29, 0.717) is 17.5 Å². The highest BCUT2D eigenvalue weighted by Gasteiger charge is 2.25. The molecule has 0 aromatic heterocycles. The van der Waals surface area contributed by atoms with Crippen LogP contribution in [0.4, 0.5) is 0 Å². The zero-order valence-corrected chi connectivity index (χ0v) is 13.9. The predicted molar refractivity (Wildman–Crippen MR) is 83.2 cm³/mol. The highest BCUT2D eigenvalue weighted by atomic mass is 35.7. The Kier molecular flexibility index (Phi) is 4.94. The first kappa shape index (κ1) is 16.3. The van der Waals surface area contributed by atoms with Crippen LogP contribution >= 0.6 is 10.7 Å². The molecule has 116 valence electrons. The minimum atomic E-state index is -3.84. The van der Waals surface area contributed by atoms with Gasteiger partial charge >= 0.3 is 0 Å². The number of amides is 1. The summed E-state index contributed by atoms with van der Waals surface area (Å²) in [4.78, 5) is 14.4. The summed E-state index contributed by atoms with van der Waals surface area (Å²) in [6.07, 6.45) is 3.65. The van der Waals surface area contributed by atoms with Crippen LogP contribution in [-0.2, 0) is 15.5 Å². The highest BCUT2D eigenvalue weighted by Crippen LogP contribution is 2.25. The molecule has 1 aromatic rings. The van der Waals surface area contributed by atoms with E-state index < -0.39 is 9.05 Å². The van der Waals surface area contributed by atoms with Gasteiger partial charge in [-0.15, -0.1) is 0 Å². The summed E-state index contributed by atoms with van der Waals surface area (Å²) in [6.45, 7) is 4.60. The summed E-state index contributed by atoms with van der Waals surface area (Å²) in [5.41, 5.74) is 1.02. The standard InChI is InChI=1S/C15H20ClNO3S/c1-3-12-7-8-13(10-14(12)21(16,19)20)15(18)17-9-5-4-6-11(17)2/h7-8,10-11H,3-6,9H2,1-2H3. The molecule has 0 bridgehead atoms. The van der Waals surface area contributed by atoms with Crippen molar-refractivity contribution in [2.75, 3.05) is 6.54 Å². The Morgan fingerprint density at radius 2 is 2.10 bits per heavy atom. The van der Waals surface area contributed by atoms with Gasteiger partial charge in [-0.3, -0.25) is 4.79 Å². The number of carbonyl (C=O) groups is 1. The van der Waals surface area contributed by atoms with Crippen LogP contribution in [0.5, 0.6) is 0 Å². The van der Waals surface area contributed by atoms with Crippen molar-refractivity contribution in [1.82, 2.24) is 4.90 Å². The normalized spacial score (nSPS) is 19.6. The van der Waals surface area contributed by atoms with Gasteiger partial charge in [0.25, 0.3) is 15.0 Å². The minimum absolute atomic E-state index is 0.0437. The third-order valence-corrected chi connectivity index (χ3v) is 5.43. The van der Waals surface area contributed by atoms with Gasteiger partial charge in [-0.05, 0) is 50.3 Å². The van der Waals surface area contributed by atoms with Gasteiger partial charge in [-0.25, -0.2) is 8.42 Å². The Bertz CT molecular complexity index is 642. The molecule has 21 heavy (non-hydrogen) atoms. The molecule has 2 rings (SSSR count). The molecule has 0 spiro atoms. The molecule has 0 saturated carbocycles. The lowest BCUT2D eigenvalue weighted by Gasteiger charge is -2.33. The number of aryl methyl sites for hydroxylation is 1. The molecule has 0 radical (unpaired) electrons. The van der Waals surface area contributed by atoms with E-state index in [1.165, 1.54) is 6.07 Å². The van der Waals surface area contributed by atoms with Crippen LogP contribution < -0.4 is 0 Å². The van der Waals surface area contributed by atoms with Gasteiger partial charge in [0, 0.05) is 28.8 Å². The molecule has 0 aliphatic carbocycles. The lowest BCUT2D eigenvalue weighted by Crippen LogP contribution is -2.42. The van der Waals surface area contributed by atoms with Crippen molar-refractivity contribution < 1.29 is 13.2 Å². The number of nitrogens with zero attached hydrogens (tertiary/aromatic N) is 1. The van der Waals surface area contributed by atoms with Crippen LogP contribution in [0.3, 0.4) is 0 Å². The first-order chi connectivity index (χ1) is 9.84. The number of halogens is 1. The third kappa shape index (κ3) is 3.58. The molecule has 1 amide bonds. The highest BCUT2D eigenvalue weighted by molar-refractivity contribution is 8.13. The minimum Gasteiger partial charge on any atom is -0.336 e. The Morgan fingerprint density at radius 3 is 2.67 bits per heavy atom. The maximum absolute atomic E-state index is 12.6. The van der Waals surface area contributed by atoms with Crippen molar-refractivity contribution in [3.8, 4) is 0 Å². The van der Waals surface area contributed by atoms with Crippen molar-refractivity contribution >= 4 is 25.6 Å². The fourth-order valence-electron chi connectivity index (χ4n) is 2.77. The van der Waals surface area contributed by atoms with E-state index in [4.69, 9.17) is 10.7 Å². The molecule has 1 aromatic carbocycles. The molecule has 1 heterocycles. The second kappa shape index (κ2) is 6.36. The maximum Gasteiger partial charge on any atom is 0.261 e. The predicted octanol–water partition coefficient (Wildman–Crippen LogP) is 3.19. The SMILES string of the molecule is CCc1ccc(C(=O)N2CCCCC2C)cc1S(=O)(=O)Cl. The monoisotopic (exact) mass is 329 g/mol. The zero-order valence-electron chi connectivity index (χ0n) is 12.3. The average molecular weight is 330 g/mol. The van der Waals surface area contributed by atoms with Crippen LogP contribution in [0.2, 0.25) is 0 Å². The summed E-state index contributed by atoms with van der Waals surface area (Å²) >= 11 is 0. The number of benzene rings is 1. The van der Waals surface area contributed by atoms with Crippen molar-refractivity contribution in [1.29, 1.82) is 0 Å². The van der Waals surface area contributed by atoms with Crippen LogP contribution in [-0.4, -0.2) is 31.8 Å². The Morgan fingerprint density at radius 1 is 1.38 bits per heavy atom.